The Labute approximate surface area is 126 Å². The number of likely N-dealkylation sites (tertiary alicyclic amines) is 1. The van der Waals surface area contributed by atoms with Crippen LogP contribution in [0.25, 0.3) is 0 Å². The monoisotopic (exact) mass is 297 g/mol. The van der Waals surface area contributed by atoms with Gasteiger partial charge in [0, 0.05) is 45.8 Å². The highest BCUT2D eigenvalue weighted by Gasteiger charge is 2.30. The molecule has 6 heteroatoms. The minimum Gasteiger partial charge on any atom is -0.481 e. The first-order valence-corrected chi connectivity index (χ1v) is 7.96. The van der Waals surface area contributed by atoms with E-state index < -0.39 is 5.97 Å². The summed E-state index contributed by atoms with van der Waals surface area (Å²) in [6.07, 6.45) is 1.16. The molecule has 1 N–H and O–H groups in total. The average molecular weight is 297 g/mol. The minimum atomic E-state index is -0.732. The molecule has 0 bridgehead atoms. The zero-order valence-electron chi connectivity index (χ0n) is 13.1. The number of hydrogen-bond donors (Lipinski definition) is 1. The Balaban J connectivity index is 1.76. The molecule has 21 heavy (non-hydrogen) atoms. The maximum absolute atomic E-state index is 12.4. The number of piperazine rings is 1. The summed E-state index contributed by atoms with van der Waals surface area (Å²) >= 11 is 0. The number of carboxylic acids is 1. The number of urea groups is 1. The van der Waals surface area contributed by atoms with Gasteiger partial charge in [0.1, 0.15) is 0 Å². The summed E-state index contributed by atoms with van der Waals surface area (Å²) in [5, 5.41) is 8.99. The highest BCUT2D eigenvalue weighted by molar-refractivity contribution is 5.75. The maximum atomic E-state index is 12.4. The van der Waals surface area contributed by atoms with Gasteiger partial charge in [0.25, 0.3) is 0 Å². The molecule has 0 aromatic rings. The van der Waals surface area contributed by atoms with Gasteiger partial charge in [-0.1, -0.05) is 13.8 Å². The first-order chi connectivity index (χ1) is 9.97. The number of carbonyl (C=O) groups excluding carboxylic acids is 1. The molecule has 0 aliphatic carbocycles. The number of nitrogens with zero attached hydrogens (tertiary/aromatic N) is 3. The molecule has 2 saturated heterocycles. The van der Waals surface area contributed by atoms with Crippen LogP contribution in [0.4, 0.5) is 4.79 Å². The van der Waals surface area contributed by atoms with Crippen LogP contribution >= 0.6 is 0 Å². The van der Waals surface area contributed by atoms with Gasteiger partial charge in [-0.3, -0.25) is 9.69 Å². The van der Waals surface area contributed by atoms with Crippen LogP contribution in [0, 0.1) is 11.8 Å². The molecule has 0 radical (unpaired) electrons. The van der Waals surface area contributed by atoms with E-state index >= 15 is 0 Å². The van der Waals surface area contributed by atoms with Crippen LogP contribution in [0.3, 0.4) is 0 Å². The number of carboxylic acid groups (broad SMARTS) is 1. The van der Waals surface area contributed by atoms with Gasteiger partial charge < -0.3 is 14.9 Å². The maximum Gasteiger partial charge on any atom is 0.320 e. The molecular formula is C15H27N3O3. The summed E-state index contributed by atoms with van der Waals surface area (Å²) in [5.41, 5.74) is 0. The second-order valence-electron chi connectivity index (χ2n) is 6.56. The Hall–Kier alpha value is -1.30. The number of hydrogen-bond acceptors (Lipinski definition) is 3. The van der Waals surface area contributed by atoms with E-state index in [0.717, 1.165) is 32.7 Å². The van der Waals surface area contributed by atoms with E-state index in [-0.39, 0.29) is 11.9 Å². The molecule has 2 aliphatic heterocycles. The molecule has 0 unspecified atom stereocenters. The lowest BCUT2D eigenvalue weighted by Crippen LogP contribution is -2.54. The number of amides is 2. The van der Waals surface area contributed by atoms with E-state index in [4.69, 9.17) is 5.11 Å². The number of carbonyl (C=O) groups is 2. The average Bonchev–Trinajstić information content (AvgIpc) is 2.47. The summed E-state index contributed by atoms with van der Waals surface area (Å²) in [7, 11) is 0. The molecule has 2 aliphatic rings. The van der Waals surface area contributed by atoms with Gasteiger partial charge in [0.05, 0.1) is 5.92 Å². The normalized spacial score (nSPS) is 21.9. The third-order valence-electron chi connectivity index (χ3n) is 4.38. The van der Waals surface area contributed by atoms with E-state index in [1.54, 1.807) is 0 Å². The predicted octanol–water partition coefficient (Wildman–Crippen LogP) is 1.18. The van der Waals surface area contributed by atoms with Gasteiger partial charge in [-0.25, -0.2) is 4.79 Å². The molecule has 0 atom stereocenters. The molecule has 0 aromatic carbocycles. The van der Waals surface area contributed by atoms with Gasteiger partial charge in [0.15, 0.2) is 0 Å². The van der Waals surface area contributed by atoms with Crippen LogP contribution in [-0.4, -0.2) is 77.6 Å². The summed E-state index contributed by atoms with van der Waals surface area (Å²) in [4.78, 5) is 29.5. The third kappa shape index (κ3) is 4.33. The lowest BCUT2D eigenvalue weighted by Gasteiger charge is -2.39. The van der Waals surface area contributed by atoms with Crippen LogP contribution in [0.2, 0.25) is 0 Å². The summed E-state index contributed by atoms with van der Waals surface area (Å²) in [6, 6.07) is 0.0861. The van der Waals surface area contributed by atoms with Crippen molar-refractivity contribution in [2.24, 2.45) is 11.8 Å². The van der Waals surface area contributed by atoms with E-state index in [1.807, 2.05) is 9.80 Å². The van der Waals surface area contributed by atoms with Crippen molar-refractivity contribution in [1.82, 2.24) is 14.7 Å². The SMILES string of the molecule is CC(C)CN1CCN(C(=O)N2CCC(C(=O)O)CC2)CC1. The van der Waals surface area contributed by atoms with Crippen LogP contribution in [-0.2, 0) is 4.79 Å². The lowest BCUT2D eigenvalue weighted by atomic mass is 9.97. The van der Waals surface area contributed by atoms with Crippen molar-refractivity contribution < 1.29 is 14.7 Å². The molecule has 0 spiro atoms. The van der Waals surface area contributed by atoms with Crippen molar-refractivity contribution in [3.05, 3.63) is 0 Å². The fourth-order valence-corrected chi connectivity index (χ4v) is 3.16. The zero-order chi connectivity index (χ0) is 15.4. The highest BCUT2D eigenvalue weighted by atomic mass is 16.4. The molecule has 2 amide bonds. The van der Waals surface area contributed by atoms with Crippen molar-refractivity contribution in [3.8, 4) is 0 Å². The number of aliphatic carboxylic acids is 1. The molecule has 120 valence electrons. The van der Waals surface area contributed by atoms with Crippen molar-refractivity contribution in [3.63, 3.8) is 0 Å². The van der Waals surface area contributed by atoms with Gasteiger partial charge in [-0.2, -0.15) is 0 Å². The van der Waals surface area contributed by atoms with Crippen molar-refractivity contribution >= 4 is 12.0 Å². The predicted molar refractivity (Wildman–Crippen MR) is 80.2 cm³/mol. The Morgan fingerprint density at radius 1 is 1.00 bits per heavy atom. The minimum absolute atomic E-state index is 0.0861. The Kier molecular flexibility index (Phi) is 5.45. The quantitative estimate of drug-likeness (QED) is 0.849. The van der Waals surface area contributed by atoms with Gasteiger partial charge >= 0.3 is 12.0 Å². The first-order valence-electron chi connectivity index (χ1n) is 7.96. The van der Waals surface area contributed by atoms with Crippen molar-refractivity contribution in [1.29, 1.82) is 0 Å². The summed E-state index contributed by atoms with van der Waals surface area (Å²) in [5.74, 6) is -0.358. The molecule has 2 fully saturated rings. The summed E-state index contributed by atoms with van der Waals surface area (Å²) < 4.78 is 0. The van der Waals surface area contributed by atoms with Crippen LogP contribution in [0.15, 0.2) is 0 Å². The fraction of sp³-hybridized carbons (Fsp3) is 0.867. The molecule has 0 saturated carbocycles. The fourth-order valence-electron chi connectivity index (χ4n) is 3.16. The smallest absolute Gasteiger partial charge is 0.320 e. The largest absolute Gasteiger partial charge is 0.481 e. The molecule has 6 nitrogen and oxygen atoms in total. The second-order valence-corrected chi connectivity index (χ2v) is 6.56. The van der Waals surface area contributed by atoms with E-state index in [0.29, 0.717) is 31.8 Å². The standard InChI is InChI=1S/C15H27N3O3/c1-12(2)11-16-7-9-18(10-8-16)15(21)17-5-3-13(4-6-17)14(19)20/h12-13H,3-11H2,1-2H3,(H,19,20). The molecule has 2 rings (SSSR count). The van der Waals surface area contributed by atoms with E-state index in [9.17, 15) is 9.59 Å². The Morgan fingerprint density at radius 2 is 1.52 bits per heavy atom. The topological polar surface area (TPSA) is 64.1 Å². The second kappa shape index (κ2) is 7.11. The summed E-state index contributed by atoms with van der Waals surface area (Å²) in [6.45, 7) is 10.1. The van der Waals surface area contributed by atoms with Crippen LogP contribution in [0.5, 0.6) is 0 Å². The lowest BCUT2D eigenvalue weighted by molar-refractivity contribution is -0.143. The first kappa shape index (κ1) is 16.1. The van der Waals surface area contributed by atoms with Crippen LogP contribution < -0.4 is 0 Å². The van der Waals surface area contributed by atoms with Crippen LogP contribution in [0.1, 0.15) is 26.7 Å². The Bertz CT molecular complexity index is 370. The van der Waals surface area contributed by atoms with Gasteiger partial charge in [0.2, 0.25) is 0 Å². The Morgan fingerprint density at radius 3 is 2.00 bits per heavy atom. The van der Waals surface area contributed by atoms with Crippen molar-refractivity contribution in [2.45, 2.75) is 26.7 Å². The van der Waals surface area contributed by atoms with E-state index in [1.165, 1.54) is 0 Å². The zero-order valence-corrected chi connectivity index (χ0v) is 13.1. The van der Waals surface area contributed by atoms with E-state index in [2.05, 4.69) is 18.7 Å². The molecule has 0 aromatic heterocycles. The number of rotatable bonds is 3. The van der Waals surface area contributed by atoms with Gasteiger partial charge in [-0.05, 0) is 18.8 Å². The molecular weight excluding hydrogens is 270 g/mol. The van der Waals surface area contributed by atoms with Crippen molar-refractivity contribution in [2.75, 3.05) is 45.8 Å². The highest BCUT2D eigenvalue weighted by Crippen LogP contribution is 2.19. The third-order valence-corrected chi connectivity index (χ3v) is 4.38. The number of piperidine rings is 1. The van der Waals surface area contributed by atoms with Gasteiger partial charge in [-0.15, -0.1) is 0 Å². The molecule has 2 heterocycles.